The molecule has 0 atom stereocenters. The van der Waals surface area contributed by atoms with Crippen LogP contribution in [-0.2, 0) is 0 Å². The van der Waals surface area contributed by atoms with Crippen molar-refractivity contribution in [2.75, 3.05) is 0 Å². The first kappa shape index (κ1) is 11.7. The summed E-state index contributed by atoms with van der Waals surface area (Å²) >= 11 is 1.33. The number of rotatable bonds is 4. The quantitative estimate of drug-likeness (QED) is 0.838. The summed E-state index contributed by atoms with van der Waals surface area (Å²) in [5.74, 6) is -0.118. The van der Waals surface area contributed by atoms with Crippen molar-refractivity contribution < 1.29 is 13.5 Å². The number of halogens is 2. The Labute approximate surface area is 100 Å². The van der Waals surface area contributed by atoms with Crippen molar-refractivity contribution >= 4 is 17.4 Å². The SMILES string of the molecule is C=Cc1cnc(-c2cccnc2OC(F)F)s1. The molecule has 0 unspecified atom stereocenters. The lowest BCUT2D eigenvalue weighted by molar-refractivity contribution is -0.0524. The highest BCUT2D eigenvalue weighted by Gasteiger charge is 2.14. The van der Waals surface area contributed by atoms with Gasteiger partial charge in [0.05, 0.1) is 5.56 Å². The molecule has 2 aromatic heterocycles. The average molecular weight is 254 g/mol. The number of nitrogens with zero attached hydrogens (tertiary/aromatic N) is 2. The van der Waals surface area contributed by atoms with Gasteiger partial charge in [0.1, 0.15) is 5.01 Å². The van der Waals surface area contributed by atoms with Crippen molar-refractivity contribution in [1.29, 1.82) is 0 Å². The molecule has 0 amide bonds. The predicted octanol–water partition coefficient (Wildman–Crippen LogP) is 3.45. The van der Waals surface area contributed by atoms with Gasteiger partial charge in [-0.05, 0) is 12.1 Å². The Balaban J connectivity index is 2.40. The van der Waals surface area contributed by atoms with Gasteiger partial charge in [-0.2, -0.15) is 8.78 Å². The molecule has 3 nitrogen and oxygen atoms in total. The molecule has 0 bridgehead atoms. The van der Waals surface area contributed by atoms with Gasteiger partial charge in [-0.15, -0.1) is 11.3 Å². The van der Waals surface area contributed by atoms with Crippen molar-refractivity contribution in [3.05, 3.63) is 36.0 Å². The molecular formula is C11H8F2N2OS. The van der Waals surface area contributed by atoms with E-state index in [4.69, 9.17) is 0 Å². The van der Waals surface area contributed by atoms with Gasteiger partial charge in [-0.3, -0.25) is 0 Å². The van der Waals surface area contributed by atoms with Crippen LogP contribution in [0.25, 0.3) is 16.6 Å². The van der Waals surface area contributed by atoms with E-state index >= 15 is 0 Å². The smallest absolute Gasteiger partial charge is 0.388 e. The Kier molecular flexibility index (Phi) is 3.43. The van der Waals surface area contributed by atoms with Gasteiger partial charge in [-0.25, -0.2) is 9.97 Å². The summed E-state index contributed by atoms with van der Waals surface area (Å²) in [6.45, 7) is 0.712. The lowest BCUT2D eigenvalue weighted by Crippen LogP contribution is -2.04. The third-order valence-electron chi connectivity index (χ3n) is 1.93. The highest BCUT2D eigenvalue weighted by molar-refractivity contribution is 7.15. The van der Waals surface area contributed by atoms with Crippen LogP contribution in [0.1, 0.15) is 4.88 Å². The normalized spacial score (nSPS) is 10.5. The molecule has 88 valence electrons. The summed E-state index contributed by atoms with van der Waals surface area (Å²) in [5, 5.41) is 0.573. The van der Waals surface area contributed by atoms with Crippen molar-refractivity contribution in [2.45, 2.75) is 6.61 Å². The molecule has 0 aliphatic heterocycles. The fraction of sp³-hybridized carbons (Fsp3) is 0.0909. The average Bonchev–Trinajstić information content (AvgIpc) is 2.77. The van der Waals surface area contributed by atoms with Crippen LogP contribution >= 0.6 is 11.3 Å². The van der Waals surface area contributed by atoms with E-state index in [1.165, 1.54) is 17.5 Å². The minimum atomic E-state index is -2.90. The molecule has 17 heavy (non-hydrogen) atoms. The van der Waals surface area contributed by atoms with Crippen LogP contribution in [0.5, 0.6) is 5.88 Å². The first-order valence-corrected chi connectivity index (χ1v) is 5.51. The fourth-order valence-electron chi connectivity index (χ4n) is 1.24. The summed E-state index contributed by atoms with van der Waals surface area (Å²) in [6, 6.07) is 3.28. The molecule has 0 N–H and O–H groups in total. The van der Waals surface area contributed by atoms with E-state index in [0.717, 1.165) is 4.88 Å². The Bertz CT molecular complexity index is 528. The molecule has 0 fully saturated rings. The second-order valence-electron chi connectivity index (χ2n) is 3.01. The number of aromatic nitrogens is 2. The molecule has 0 aliphatic rings. The molecule has 2 rings (SSSR count). The number of pyridine rings is 1. The number of ether oxygens (including phenoxy) is 1. The standard InChI is InChI=1S/C11H8F2N2OS/c1-2-7-6-15-10(17-7)8-4-3-5-14-9(8)16-11(12)13/h2-6,11H,1H2. The number of alkyl halides is 2. The predicted molar refractivity (Wildman–Crippen MR) is 62.1 cm³/mol. The first-order chi connectivity index (χ1) is 8.20. The minimum Gasteiger partial charge on any atom is -0.416 e. The van der Waals surface area contributed by atoms with E-state index in [1.54, 1.807) is 24.4 Å². The lowest BCUT2D eigenvalue weighted by atomic mass is 10.3. The van der Waals surface area contributed by atoms with Crippen LogP contribution in [0, 0.1) is 0 Å². The second kappa shape index (κ2) is 5.01. The van der Waals surface area contributed by atoms with E-state index in [2.05, 4.69) is 21.3 Å². The molecule has 2 aromatic rings. The topological polar surface area (TPSA) is 35.0 Å². The molecular weight excluding hydrogens is 246 g/mol. The third kappa shape index (κ3) is 2.65. The highest BCUT2D eigenvalue weighted by Crippen LogP contribution is 2.32. The van der Waals surface area contributed by atoms with Gasteiger partial charge >= 0.3 is 6.61 Å². The van der Waals surface area contributed by atoms with Crippen molar-refractivity contribution in [2.24, 2.45) is 0 Å². The van der Waals surface area contributed by atoms with E-state index < -0.39 is 6.61 Å². The number of hydrogen-bond acceptors (Lipinski definition) is 4. The second-order valence-corrected chi connectivity index (χ2v) is 4.07. The molecule has 6 heteroatoms. The summed E-state index contributed by atoms with van der Waals surface area (Å²) in [5.41, 5.74) is 0.450. The zero-order valence-corrected chi connectivity index (χ0v) is 9.45. The highest BCUT2D eigenvalue weighted by atomic mass is 32.1. The molecule has 0 saturated carbocycles. The monoisotopic (exact) mass is 254 g/mol. The molecule has 0 aliphatic carbocycles. The summed E-state index contributed by atoms with van der Waals surface area (Å²) in [7, 11) is 0. The lowest BCUT2D eigenvalue weighted by Gasteiger charge is -2.06. The van der Waals surface area contributed by atoms with Gasteiger partial charge in [0.15, 0.2) is 0 Å². The summed E-state index contributed by atoms with van der Waals surface area (Å²) < 4.78 is 28.7. The van der Waals surface area contributed by atoms with E-state index in [1.807, 2.05) is 0 Å². The van der Waals surface area contributed by atoms with Crippen LogP contribution in [0.3, 0.4) is 0 Å². The summed E-state index contributed by atoms with van der Waals surface area (Å²) in [6.07, 6.45) is 4.65. The van der Waals surface area contributed by atoms with Crippen molar-refractivity contribution in [3.8, 4) is 16.5 Å². The fourth-order valence-corrected chi connectivity index (χ4v) is 2.02. The maximum Gasteiger partial charge on any atom is 0.388 e. The number of hydrogen-bond donors (Lipinski definition) is 0. The minimum absolute atomic E-state index is 0.118. The van der Waals surface area contributed by atoms with E-state index in [9.17, 15) is 8.78 Å². The Morgan fingerprint density at radius 3 is 2.88 bits per heavy atom. The van der Waals surface area contributed by atoms with Crippen LogP contribution in [0.2, 0.25) is 0 Å². The van der Waals surface area contributed by atoms with Gasteiger partial charge < -0.3 is 4.74 Å². The van der Waals surface area contributed by atoms with Crippen molar-refractivity contribution in [3.63, 3.8) is 0 Å². The first-order valence-electron chi connectivity index (χ1n) is 4.69. The Hall–Kier alpha value is -1.82. The van der Waals surface area contributed by atoms with Gasteiger partial charge in [0.25, 0.3) is 0 Å². The zero-order valence-electron chi connectivity index (χ0n) is 8.64. The molecule has 0 aromatic carbocycles. The van der Waals surface area contributed by atoms with Crippen LogP contribution < -0.4 is 4.74 Å². The summed E-state index contributed by atoms with van der Waals surface area (Å²) in [4.78, 5) is 8.73. The molecule has 2 heterocycles. The third-order valence-corrected chi connectivity index (χ3v) is 2.95. The van der Waals surface area contributed by atoms with Crippen LogP contribution in [0.15, 0.2) is 31.1 Å². The maximum atomic E-state index is 12.2. The number of thiazole rings is 1. The molecule has 0 saturated heterocycles. The van der Waals surface area contributed by atoms with Gasteiger partial charge in [-0.1, -0.05) is 12.7 Å². The van der Waals surface area contributed by atoms with Gasteiger partial charge in [0, 0.05) is 17.3 Å². The van der Waals surface area contributed by atoms with Crippen molar-refractivity contribution in [1.82, 2.24) is 9.97 Å². The Morgan fingerprint density at radius 1 is 1.41 bits per heavy atom. The van der Waals surface area contributed by atoms with E-state index in [0.29, 0.717) is 10.6 Å². The van der Waals surface area contributed by atoms with Crippen LogP contribution in [-0.4, -0.2) is 16.6 Å². The molecule has 0 radical (unpaired) electrons. The van der Waals surface area contributed by atoms with Gasteiger partial charge in [0.2, 0.25) is 5.88 Å². The van der Waals surface area contributed by atoms with E-state index in [-0.39, 0.29) is 5.88 Å². The zero-order chi connectivity index (χ0) is 12.3. The Morgan fingerprint density at radius 2 is 2.24 bits per heavy atom. The molecule has 0 spiro atoms. The largest absolute Gasteiger partial charge is 0.416 e. The van der Waals surface area contributed by atoms with Crippen LogP contribution in [0.4, 0.5) is 8.78 Å². The maximum absolute atomic E-state index is 12.2.